The normalized spacial score (nSPS) is 15.1. The predicted octanol–water partition coefficient (Wildman–Crippen LogP) is 4.41. The predicted molar refractivity (Wildman–Crippen MR) is 96.2 cm³/mol. The highest BCUT2D eigenvalue weighted by Crippen LogP contribution is 2.22. The van der Waals surface area contributed by atoms with Gasteiger partial charge in [0.2, 0.25) is 11.9 Å². The smallest absolute Gasteiger partial charge is 0.323 e. The number of hydrogen-bond donors (Lipinski definition) is 2. The van der Waals surface area contributed by atoms with Gasteiger partial charge in [0.15, 0.2) is 0 Å². The molecule has 24 heavy (non-hydrogen) atoms. The molecule has 6 nitrogen and oxygen atoms in total. The van der Waals surface area contributed by atoms with Crippen molar-refractivity contribution in [1.82, 2.24) is 15.0 Å². The molecule has 1 aromatic heterocycles. The van der Waals surface area contributed by atoms with Crippen LogP contribution in [-0.2, 0) is 0 Å². The Balaban J connectivity index is 1.77. The highest BCUT2D eigenvalue weighted by molar-refractivity contribution is 6.30. The monoisotopic (exact) mass is 347 g/mol. The van der Waals surface area contributed by atoms with Crippen LogP contribution in [0.2, 0.25) is 5.02 Å². The van der Waals surface area contributed by atoms with Crippen molar-refractivity contribution in [2.75, 3.05) is 17.2 Å². The first kappa shape index (κ1) is 16.8. The van der Waals surface area contributed by atoms with Crippen molar-refractivity contribution in [3.05, 3.63) is 29.3 Å². The summed E-state index contributed by atoms with van der Waals surface area (Å²) in [5.41, 5.74) is 0.858. The van der Waals surface area contributed by atoms with E-state index in [1.807, 2.05) is 31.2 Å². The molecule has 0 bridgehead atoms. The van der Waals surface area contributed by atoms with Gasteiger partial charge in [-0.2, -0.15) is 15.0 Å². The lowest BCUT2D eigenvalue weighted by molar-refractivity contribution is 0.312. The molecule has 2 aromatic rings. The molecule has 1 saturated carbocycles. The summed E-state index contributed by atoms with van der Waals surface area (Å²) in [5, 5.41) is 7.26. The second kappa shape index (κ2) is 8.15. The minimum Gasteiger partial charge on any atom is -0.464 e. The van der Waals surface area contributed by atoms with Crippen molar-refractivity contribution < 1.29 is 4.74 Å². The van der Waals surface area contributed by atoms with Crippen LogP contribution < -0.4 is 15.4 Å². The zero-order valence-corrected chi connectivity index (χ0v) is 14.5. The number of ether oxygens (including phenoxy) is 1. The molecule has 2 N–H and O–H groups in total. The van der Waals surface area contributed by atoms with Gasteiger partial charge in [0.25, 0.3) is 0 Å². The third kappa shape index (κ3) is 4.71. The number of rotatable bonds is 6. The zero-order chi connectivity index (χ0) is 16.8. The lowest BCUT2D eigenvalue weighted by atomic mass is 9.96. The van der Waals surface area contributed by atoms with Gasteiger partial charge < -0.3 is 15.4 Å². The zero-order valence-electron chi connectivity index (χ0n) is 13.8. The number of hydrogen-bond acceptors (Lipinski definition) is 6. The molecule has 3 rings (SSSR count). The molecule has 128 valence electrons. The standard InChI is InChI=1S/C17H22ClN5O/c1-2-24-17-22-15(19-13-6-4-3-5-7-13)21-16(23-17)20-14-10-8-12(18)9-11-14/h8-11,13H,2-7H2,1H3,(H2,19,20,21,22,23). The fourth-order valence-corrected chi connectivity index (χ4v) is 2.89. The fourth-order valence-electron chi connectivity index (χ4n) is 2.76. The summed E-state index contributed by atoms with van der Waals surface area (Å²) in [7, 11) is 0. The molecular formula is C17H22ClN5O. The highest BCUT2D eigenvalue weighted by Gasteiger charge is 2.16. The molecule has 1 aromatic carbocycles. The Morgan fingerprint density at radius 2 is 1.75 bits per heavy atom. The minimum absolute atomic E-state index is 0.322. The maximum atomic E-state index is 5.92. The van der Waals surface area contributed by atoms with Crippen LogP contribution >= 0.6 is 11.6 Å². The van der Waals surface area contributed by atoms with Gasteiger partial charge in [-0.3, -0.25) is 0 Å². The van der Waals surface area contributed by atoms with Gasteiger partial charge in [-0.05, 0) is 44.0 Å². The molecule has 1 fully saturated rings. The van der Waals surface area contributed by atoms with E-state index in [1.165, 1.54) is 19.3 Å². The van der Waals surface area contributed by atoms with Gasteiger partial charge in [0.05, 0.1) is 6.61 Å². The summed E-state index contributed by atoms with van der Waals surface area (Å²) < 4.78 is 5.47. The molecule has 1 aliphatic carbocycles. The summed E-state index contributed by atoms with van der Waals surface area (Å²) in [5.74, 6) is 1.01. The number of benzene rings is 1. The maximum Gasteiger partial charge on any atom is 0.323 e. The first-order valence-electron chi connectivity index (χ1n) is 8.41. The molecule has 0 saturated heterocycles. The van der Waals surface area contributed by atoms with Crippen LogP contribution in [-0.4, -0.2) is 27.6 Å². The Kier molecular flexibility index (Phi) is 5.69. The first-order valence-corrected chi connectivity index (χ1v) is 8.79. The Morgan fingerprint density at radius 1 is 1.04 bits per heavy atom. The van der Waals surface area contributed by atoms with Crippen LogP contribution in [0.15, 0.2) is 24.3 Å². The van der Waals surface area contributed by atoms with Crippen LogP contribution in [0.3, 0.4) is 0 Å². The van der Waals surface area contributed by atoms with Crippen LogP contribution in [0.25, 0.3) is 0 Å². The molecule has 0 spiro atoms. The Labute approximate surface area is 147 Å². The SMILES string of the molecule is CCOc1nc(Nc2ccc(Cl)cc2)nc(NC2CCCCC2)n1. The molecule has 7 heteroatoms. The fraction of sp³-hybridized carbons (Fsp3) is 0.471. The maximum absolute atomic E-state index is 5.92. The van der Waals surface area contributed by atoms with Gasteiger partial charge in [-0.15, -0.1) is 0 Å². The van der Waals surface area contributed by atoms with Crippen LogP contribution in [0, 0.1) is 0 Å². The molecule has 0 amide bonds. The highest BCUT2D eigenvalue weighted by atomic mass is 35.5. The molecule has 0 atom stereocenters. The van der Waals surface area contributed by atoms with E-state index >= 15 is 0 Å². The molecule has 1 aliphatic rings. The largest absolute Gasteiger partial charge is 0.464 e. The number of halogens is 1. The molecular weight excluding hydrogens is 326 g/mol. The van der Waals surface area contributed by atoms with Crippen molar-refractivity contribution in [2.24, 2.45) is 0 Å². The second-order valence-corrected chi connectivity index (χ2v) is 6.25. The van der Waals surface area contributed by atoms with Crippen LogP contribution in [0.4, 0.5) is 17.6 Å². The third-order valence-corrected chi connectivity index (χ3v) is 4.18. The van der Waals surface area contributed by atoms with E-state index in [2.05, 4.69) is 25.6 Å². The number of nitrogens with one attached hydrogen (secondary N) is 2. The molecule has 0 radical (unpaired) electrons. The van der Waals surface area contributed by atoms with Gasteiger partial charge in [0, 0.05) is 16.8 Å². The van der Waals surface area contributed by atoms with Crippen molar-refractivity contribution in [3.63, 3.8) is 0 Å². The van der Waals surface area contributed by atoms with Crippen LogP contribution in [0.5, 0.6) is 6.01 Å². The van der Waals surface area contributed by atoms with E-state index in [0.717, 1.165) is 18.5 Å². The summed E-state index contributed by atoms with van der Waals surface area (Å²) in [6.45, 7) is 2.41. The third-order valence-electron chi connectivity index (χ3n) is 3.93. The second-order valence-electron chi connectivity index (χ2n) is 5.81. The van der Waals surface area contributed by atoms with Crippen molar-refractivity contribution in [2.45, 2.75) is 45.1 Å². The number of anilines is 3. The molecule has 1 heterocycles. The van der Waals surface area contributed by atoms with Crippen molar-refractivity contribution >= 4 is 29.2 Å². The van der Waals surface area contributed by atoms with E-state index in [1.54, 1.807) is 0 Å². The van der Waals surface area contributed by atoms with E-state index < -0.39 is 0 Å². The van der Waals surface area contributed by atoms with Gasteiger partial charge in [-0.25, -0.2) is 0 Å². The minimum atomic E-state index is 0.322. The molecule has 0 unspecified atom stereocenters. The first-order chi connectivity index (χ1) is 11.7. The van der Waals surface area contributed by atoms with Gasteiger partial charge in [-0.1, -0.05) is 30.9 Å². The topological polar surface area (TPSA) is 72.0 Å². The van der Waals surface area contributed by atoms with E-state index in [0.29, 0.717) is 35.6 Å². The van der Waals surface area contributed by atoms with E-state index in [9.17, 15) is 0 Å². The lowest BCUT2D eigenvalue weighted by Gasteiger charge is -2.22. The number of aromatic nitrogens is 3. The Bertz CT molecular complexity index is 659. The summed E-state index contributed by atoms with van der Waals surface area (Å²) >= 11 is 5.92. The average molecular weight is 348 g/mol. The summed E-state index contributed by atoms with van der Waals surface area (Å²) in [4.78, 5) is 13.1. The van der Waals surface area contributed by atoms with Crippen molar-refractivity contribution in [1.29, 1.82) is 0 Å². The lowest BCUT2D eigenvalue weighted by Crippen LogP contribution is -2.24. The average Bonchev–Trinajstić information content (AvgIpc) is 2.58. The number of nitrogens with zero attached hydrogens (tertiary/aromatic N) is 3. The Morgan fingerprint density at radius 3 is 2.46 bits per heavy atom. The van der Waals surface area contributed by atoms with Gasteiger partial charge >= 0.3 is 6.01 Å². The van der Waals surface area contributed by atoms with Gasteiger partial charge in [0.1, 0.15) is 0 Å². The van der Waals surface area contributed by atoms with Crippen molar-refractivity contribution in [3.8, 4) is 6.01 Å². The molecule has 0 aliphatic heterocycles. The van der Waals surface area contributed by atoms with Crippen LogP contribution in [0.1, 0.15) is 39.0 Å². The quantitative estimate of drug-likeness (QED) is 0.806. The summed E-state index contributed by atoms with van der Waals surface area (Å²) in [6, 6.07) is 8.12. The van der Waals surface area contributed by atoms with E-state index in [-0.39, 0.29) is 0 Å². The summed E-state index contributed by atoms with van der Waals surface area (Å²) in [6.07, 6.45) is 6.10. The Hall–Kier alpha value is -2.08. The van der Waals surface area contributed by atoms with E-state index in [4.69, 9.17) is 16.3 Å².